The second-order valence-corrected chi connectivity index (χ2v) is 4.49. The second kappa shape index (κ2) is 14.6. The van der Waals surface area contributed by atoms with E-state index in [-0.39, 0.29) is 32.7 Å². The van der Waals surface area contributed by atoms with Gasteiger partial charge in [-0.05, 0) is 24.1 Å². The molecule has 0 saturated carbocycles. The van der Waals surface area contributed by atoms with Crippen molar-refractivity contribution in [2.45, 2.75) is 20.3 Å². The summed E-state index contributed by atoms with van der Waals surface area (Å²) < 4.78 is 4.89. The molecule has 2 aromatic rings. The normalized spacial score (nSPS) is 12.2. The summed E-state index contributed by atoms with van der Waals surface area (Å²) in [7, 11) is 1.65. The minimum absolute atomic E-state index is 0. The molecule has 0 amide bonds. The van der Waals surface area contributed by atoms with Crippen LogP contribution in [-0.2, 0) is 32.7 Å². The van der Waals surface area contributed by atoms with E-state index >= 15 is 0 Å². The zero-order valence-corrected chi connectivity index (χ0v) is 17.2. The SMILES string of the molecule is C1=C(c2ccccc2)CCNC1.CC.COc1cc[c-]cc1.[Y]. The van der Waals surface area contributed by atoms with Gasteiger partial charge in [0.1, 0.15) is 0 Å². The zero-order chi connectivity index (χ0) is 16.0. The molecule has 2 aromatic carbocycles. The first-order valence-corrected chi connectivity index (χ1v) is 7.85. The third-order valence-electron chi connectivity index (χ3n) is 3.13. The zero-order valence-electron chi connectivity index (χ0n) is 14.4. The summed E-state index contributed by atoms with van der Waals surface area (Å²) in [4.78, 5) is 0. The molecule has 121 valence electrons. The number of rotatable bonds is 2. The molecule has 23 heavy (non-hydrogen) atoms. The molecule has 0 atom stereocenters. The predicted molar refractivity (Wildman–Crippen MR) is 95.1 cm³/mol. The van der Waals surface area contributed by atoms with E-state index in [1.54, 1.807) is 7.11 Å². The van der Waals surface area contributed by atoms with Gasteiger partial charge in [-0.25, -0.2) is 0 Å². The van der Waals surface area contributed by atoms with Crippen LogP contribution in [0.3, 0.4) is 0 Å². The van der Waals surface area contributed by atoms with Crippen LogP contribution in [0.15, 0.2) is 60.7 Å². The van der Waals surface area contributed by atoms with E-state index in [1.807, 2.05) is 38.1 Å². The number of nitrogens with one attached hydrogen (secondary N) is 1. The van der Waals surface area contributed by atoms with Crippen LogP contribution < -0.4 is 10.1 Å². The summed E-state index contributed by atoms with van der Waals surface area (Å²) >= 11 is 0. The van der Waals surface area contributed by atoms with Crippen molar-refractivity contribution in [3.05, 3.63) is 72.3 Å². The summed E-state index contributed by atoms with van der Waals surface area (Å²) in [5.41, 5.74) is 2.85. The fourth-order valence-corrected chi connectivity index (χ4v) is 2.04. The Morgan fingerprint density at radius 1 is 1.00 bits per heavy atom. The first-order valence-electron chi connectivity index (χ1n) is 7.85. The largest absolute Gasteiger partial charge is 0.522 e. The molecule has 1 radical (unpaired) electrons. The van der Waals surface area contributed by atoms with Crippen LogP contribution in [0, 0.1) is 6.07 Å². The van der Waals surface area contributed by atoms with Gasteiger partial charge < -0.3 is 10.1 Å². The summed E-state index contributed by atoms with van der Waals surface area (Å²) in [5.74, 6) is 0.878. The van der Waals surface area contributed by atoms with Gasteiger partial charge in [0, 0.05) is 45.0 Å². The molecule has 0 aliphatic carbocycles. The summed E-state index contributed by atoms with van der Waals surface area (Å²) in [6.07, 6.45) is 3.43. The van der Waals surface area contributed by atoms with Crippen molar-refractivity contribution in [3.8, 4) is 5.75 Å². The van der Waals surface area contributed by atoms with Crippen LogP contribution in [0.2, 0.25) is 0 Å². The fraction of sp³-hybridized carbons (Fsp3) is 0.300. The van der Waals surface area contributed by atoms with Gasteiger partial charge in [-0.2, -0.15) is 18.2 Å². The van der Waals surface area contributed by atoms with Gasteiger partial charge in [-0.15, -0.1) is 12.1 Å². The Morgan fingerprint density at radius 3 is 2.13 bits per heavy atom. The van der Waals surface area contributed by atoms with E-state index in [9.17, 15) is 0 Å². The van der Waals surface area contributed by atoms with Crippen LogP contribution in [0.1, 0.15) is 25.8 Å². The molecule has 1 aliphatic heterocycles. The number of benzene rings is 2. The van der Waals surface area contributed by atoms with E-state index in [1.165, 1.54) is 11.1 Å². The molecule has 1 N–H and O–H groups in total. The molecule has 3 rings (SSSR count). The van der Waals surface area contributed by atoms with E-state index in [2.05, 4.69) is 47.8 Å². The van der Waals surface area contributed by atoms with E-state index in [4.69, 9.17) is 4.74 Å². The van der Waals surface area contributed by atoms with E-state index in [0.29, 0.717) is 0 Å². The van der Waals surface area contributed by atoms with Gasteiger partial charge in [0.2, 0.25) is 0 Å². The van der Waals surface area contributed by atoms with Crippen molar-refractivity contribution in [1.82, 2.24) is 5.32 Å². The first kappa shape index (κ1) is 22.0. The van der Waals surface area contributed by atoms with Crippen LogP contribution >= 0.6 is 0 Å². The number of ether oxygens (including phenoxy) is 1. The van der Waals surface area contributed by atoms with Crippen molar-refractivity contribution in [3.63, 3.8) is 0 Å². The minimum Gasteiger partial charge on any atom is -0.522 e. The van der Waals surface area contributed by atoms with Crippen molar-refractivity contribution >= 4 is 5.57 Å². The molecule has 0 unspecified atom stereocenters. The molecule has 0 fully saturated rings. The van der Waals surface area contributed by atoms with Crippen LogP contribution in [0.25, 0.3) is 5.57 Å². The maximum absolute atomic E-state index is 4.89. The van der Waals surface area contributed by atoms with Crippen molar-refractivity contribution in [2.75, 3.05) is 20.2 Å². The van der Waals surface area contributed by atoms with Gasteiger partial charge in [-0.1, -0.05) is 50.3 Å². The van der Waals surface area contributed by atoms with Gasteiger partial charge >= 0.3 is 0 Å². The fourth-order valence-electron chi connectivity index (χ4n) is 2.04. The maximum atomic E-state index is 4.89. The Hall–Kier alpha value is -0.956. The Kier molecular flexibility index (Phi) is 14.0. The molecular weight excluding hydrogens is 359 g/mol. The van der Waals surface area contributed by atoms with Gasteiger partial charge in [0.05, 0.1) is 7.11 Å². The molecule has 0 aromatic heterocycles. The third kappa shape index (κ3) is 9.05. The summed E-state index contributed by atoms with van der Waals surface area (Å²) in [5, 5.41) is 3.31. The summed E-state index contributed by atoms with van der Waals surface area (Å²) in [6.45, 7) is 6.13. The molecule has 0 saturated heterocycles. The molecule has 3 heteroatoms. The number of hydrogen-bond donors (Lipinski definition) is 1. The van der Waals surface area contributed by atoms with E-state index in [0.717, 1.165) is 25.3 Å². The average Bonchev–Trinajstić information content (AvgIpc) is 2.66. The van der Waals surface area contributed by atoms with Gasteiger partial charge in [0.25, 0.3) is 0 Å². The molecular formula is C20H26NOY-. The van der Waals surface area contributed by atoms with E-state index < -0.39 is 0 Å². The van der Waals surface area contributed by atoms with Gasteiger partial charge in [-0.3, -0.25) is 0 Å². The Bertz CT molecular complexity index is 526. The molecule has 1 aliphatic rings. The van der Waals surface area contributed by atoms with Gasteiger partial charge in [0.15, 0.2) is 0 Å². The Morgan fingerprint density at radius 2 is 1.65 bits per heavy atom. The molecule has 0 spiro atoms. The van der Waals surface area contributed by atoms with Crippen LogP contribution in [0.4, 0.5) is 0 Å². The minimum atomic E-state index is 0. The average molecular weight is 385 g/mol. The van der Waals surface area contributed by atoms with Crippen molar-refractivity contribution in [1.29, 1.82) is 0 Å². The van der Waals surface area contributed by atoms with Crippen LogP contribution in [-0.4, -0.2) is 20.2 Å². The number of hydrogen-bond acceptors (Lipinski definition) is 2. The molecule has 2 nitrogen and oxygen atoms in total. The summed E-state index contributed by atoms with van der Waals surface area (Å²) in [6, 6.07) is 20.9. The predicted octanol–water partition coefficient (Wildman–Crippen LogP) is 4.58. The third-order valence-corrected chi connectivity index (χ3v) is 3.13. The second-order valence-electron chi connectivity index (χ2n) is 4.49. The Balaban J connectivity index is 0.000000388. The van der Waals surface area contributed by atoms with Crippen LogP contribution in [0.5, 0.6) is 5.75 Å². The monoisotopic (exact) mass is 385 g/mol. The Labute approximate surface area is 166 Å². The van der Waals surface area contributed by atoms with Crippen molar-refractivity contribution < 1.29 is 37.4 Å². The maximum Gasteiger partial charge on any atom is 0.0743 e. The topological polar surface area (TPSA) is 21.3 Å². The molecule has 0 bridgehead atoms. The quantitative estimate of drug-likeness (QED) is 0.764. The first-order chi connectivity index (χ1) is 10.9. The standard InChI is InChI=1S/C11H13N.C7H7O.C2H6.Y/c1-2-4-10(5-3-1)11-6-8-12-9-7-11;1-8-7-5-3-2-4-6-7;1-2;/h1-6,12H,7-9H2;3-6H,1H3;1-2H3;/q;-1;;. The smallest absolute Gasteiger partial charge is 0.0743 e. The van der Waals surface area contributed by atoms with Crippen molar-refractivity contribution in [2.24, 2.45) is 0 Å². The number of methoxy groups -OCH3 is 1. The molecule has 1 heterocycles.